The Bertz CT molecular complexity index is 809. The van der Waals surface area contributed by atoms with Gasteiger partial charge in [-0.2, -0.15) is 0 Å². The summed E-state index contributed by atoms with van der Waals surface area (Å²) in [7, 11) is 0. The van der Waals surface area contributed by atoms with E-state index in [2.05, 4.69) is 10.3 Å². The van der Waals surface area contributed by atoms with E-state index in [0.717, 1.165) is 28.6 Å². The van der Waals surface area contributed by atoms with E-state index < -0.39 is 0 Å². The topological polar surface area (TPSA) is 55.1 Å². The highest BCUT2D eigenvalue weighted by atomic mass is 16.3. The fourth-order valence-electron chi connectivity index (χ4n) is 2.33. The quantitative estimate of drug-likeness (QED) is 0.581. The lowest BCUT2D eigenvalue weighted by atomic mass is 10.1. The van der Waals surface area contributed by atoms with Crippen molar-refractivity contribution < 1.29 is 9.21 Å². The van der Waals surface area contributed by atoms with Gasteiger partial charge in [0.05, 0.1) is 5.57 Å². The number of oxazole rings is 1. The summed E-state index contributed by atoms with van der Waals surface area (Å²) >= 11 is 0. The molecule has 22 heavy (non-hydrogen) atoms. The summed E-state index contributed by atoms with van der Waals surface area (Å²) in [6.45, 7) is 4.03. The van der Waals surface area contributed by atoms with Crippen LogP contribution in [0.25, 0.3) is 16.7 Å². The number of para-hydroxylation sites is 3. The smallest absolute Gasteiger partial charge is 0.232 e. The molecule has 3 aromatic rings. The van der Waals surface area contributed by atoms with Gasteiger partial charge in [0.1, 0.15) is 5.52 Å². The number of rotatable bonds is 4. The number of carbonyl (C=O) groups excluding carboxylic acids is 1. The van der Waals surface area contributed by atoms with Gasteiger partial charge in [0.15, 0.2) is 11.9 Å². The number of aldehydes is 1. The normalized spacial score (nSPS) is 11.6. The fraction of sp³-hybridized carbons (Fsp3) is 0.111. The van der Waals surface area contributed by atoms with Gasteiger partial charge in [0.2, 0.25) is 5.89 Å². The lowest BCUT2D eigenvalue weighted by molar-refractivity contribution is -0.103. The van der Waals surface area contributed by atoms with E-state index in [4.69, 9.17) is 4.42 Å². The van der Waals surface area contributed by atoms with Gasteiger partial charge in [-0.05, 0) is 37.1 Å². The van der Waals surface area contributed by atoms with Crippen molar-refractivity contribution in [2.24, 2.45) is 0 Å². The van der Waals surface area contributed by atoms with Crippen LogP contribution in [0.2, 0.25) is 0 Å². The number of carbonyl (C=O) groups is 1. The Kier molecular flexibility index (Phi) is 3.74. The summed E-state index contributed by atoms with van der Waals surface area (Å²) in [4.78, 5) is 15.7. The number of aryl methyl sites for hydroxylation is 2. The van der Waals surface area contributed by atoms with E-state index in [1.165, 1.54) is 0 Å². The summed E-state index contributed by atoms with van der Waals surface area (Å²) in [5.74, 6) is 0.315. The zero-order valence-corrected chi connectivity index (χ0v) is 12.5. The molecule has 0 unspecified atom stereocenters. The maximum atomic E-state index is 11.4. The van der Waals surface area contributed by atoms with Crippen LogP contribution in [0.15, 0.2) is 53.1 Å². The average Bonchev–Trinajstić information content (AvgIpc) is 2.94. The molecule has 1 aromatic heterocycles. The second-order valence-electron chi connectivity index (χ2n) is 5.12. The van der Waals surface area contributed by atoms with Gasteiger partial charge in [-0.1, -0.05) is 30.3 Å². The van der Waals surface area contributed by atoms with E-state index in [1.807, 2.05) is 56.3 Å². The molecule has 0 amide bonds. The van der Waals surface area contributed by atoms with Gasteiger partial charge in [-0.25, -0.2) is 4.98 Å². The van der Waals surface area contributed by atoms with Crippen LogP contribution >= 0.6 is 0 Å². The molecule has 2 aromatic carbocycles. The second kappa shape index (κ2) is 5.85. The number of nitrogens with one attached hydrogen (secondary N) is 1. The van der Waals surface area contributed by atoms with Crippen molar-refractivity contribution in [1.82, 2.24) is 4.98 Å². The van der Waals surface area contributed by atoms with Crippen LogP contribution in [0, 0.1) is 13.8 Å². The molecule has 110 valence electrons. The number of hydrogen-bond acceptors (Lipinski definition) is 4. The van der Waals surface area contributed by atoms with Crippen molar-refractivity contribution >= 4 is 28.6 Å². The number of benzene rings is 2. The van der Waals surface area contributed by atoms with Gasteiger partial charge in [0, 0.05) is 11.9 Å². The molecule has 1 heterocycles. The maximum absolute atomic E-state index is 11.4. The van der Waals surface area contributed by atoms with Crippen molar-refractivity contribution in [3.05, 3.63) is 65.7 Å². The Morgan fingerprint density at radius 3 is 2.50 bits per heavy atom. The molecule has 0 aliphatic carbocycles. The average molecular weight is 292 g/mol. The van der Waals surface area contributed by atoms with E-state index in [-0.39, 0.29) is 0 Å². The molecule has 0 spiro atoms. The Balaban J connectivity index is 1.95. The molecule has 0 saturated heterocycles. The van der Waals surface area contributed by atoms with Crippen molar-refractivity contribution in [2.75, 3.05) is 5.32 Å². The Hall–Kier alpha value is -2.88. The van der Waals surface area contributed by atoms with Crippen LogP contribution in [-0.4, -0.2) is 11.3 Å². The summed E-state index contributed by atoms with van der Waals surface area (Å²) in [6.07, 6.45) is 2.37. The highest BCUT2D eigenvalue weighted by molar-refractivity contribution is 6.06. The number of nitrogens with zero attached hydrogens (tertiary/aromatic N) is 1. The van der Waals surface area contributed by atoms with Crippen molar-refractivity contribution in [3.63, 3.8) is 0 Å². The summed E-state index contributed by atoms with van der Waals surface area (Å²) in [5, 5.41) is 3.18. The third-order valence-electron chi connectivity index (χ3n) is 3.52. The largest absolute Gasteiger partial charge is 0.436 e. The van der Waals surface area contributed by atoms with Gasteiger partial charge in [-0.15, -0.1) is 0 Å². The van der Waals surface area contributed by atoms with E-state index in [1.54, 1.807) is 6.20 Å². The van der Waals surface area contributed by atoms with Crippen molar-refractivity contribution in [3.8, 4) is 0 Å². The van der Waals surface area contributed by atoms with Gasteiger partial charge >= 0.3 is 0 Å². The molecule has 1 N–H and O–H groups in total. The zero-order valence-electron chi connectivity index (χ0n) is 12.5. The first-order valence-electron chi connectivity index (χ1n) is 7.03. The molecular weight excluding hydrogens is 276 g/mol. The van der Waals surface area contributed by atoms with Crippen LogP contribution in [-0.2, 0) is 4.79 Å². The SMILES string of the molecule is Cc1cccc(C)c1N/C=C(\C=O)c1nc2ccccc2o1. The highest BCUT2D eigenvalue weighted by Crippen LogP contribution is 2.22. The second-order valence-corrected chi connectivity index (χ2v) is 5.12. The van der Waals surface area contributed by atoms with E-state index >= 15 is 0 Å². The molecule has 0 radical (unpaired) electrons. The number of anilines is 1. The molecule has 4 heteroatoms. The molecule has 0 aliphatic heterocycles. The van der Waals surface area contributed by atoms with Crippen LogP contribution in [0.4, 0.5) is 5.69 Å². The molecular formula is C18H16N2O2. The van der Waals surface area contributed by atoms with E-state index in [0.29, 0.717) is 17.0 Å². The van der Waals surface area contributed by atoms with E-state index in [9.17, 15) is 4.79 Å². The Morgan fingerprint density at radius 2 is 1.82 bits per heavy atom. The number of aromatic nitrogens is 1. The summed E-state index contributed by atoms with van der Waals surface area (Å²) in [5.41, 5.74) is 4.98. The van der Waals surface area contributed by atoms with Crippen molar-refractivity contribution in [2.45, 2.75) is 13.8 Å². The zero-order chi connectivity index (χ0) is 15.5. The van der Waals surface area contributed by atoms with Crippen LogP contribution in [0.3, 0.4) is 0 Å². The van der Waals surface area contributed by atoms with Gasteiger partial charge in [-0.3, -0.25) is 4.79 Å². The predicted molar refractivity (Wildman–Crippen MR) is 87.6 cm³/mol. The molecule has 0 fully saturated rings. The maximum Gasteiger partial charge on any atom is 0.232 e. The Labute approximate surface area is 128 Å². The van der Waals surface area contributed by atoms with Crippen LogP contribution in [0.1, 0.15) is 17.0 Å². The standard InChI is InChI=1S/C18H16N2O2/c1-12-6-5-7-13(2)17(12)19-10-14(11-21)18-20-15-8-3-4-9-16(15)22-18/h3-11,19H,1-2H3/b14-10+. The van der Waals surface area contributed by atoms with Crippen molar-refractivity contribution in [1.29, 1.82) is 0 Å². The summed E-state index contributed by atoms with van der Waals surface area (Å²) < 4.78 is 5.62. The number of allylic oxidation sites excluding steroid dienone is 1. The minimum atomic E-state index is 0.315. The first-order chi connectivity index (χ1) is 10.7. The summed E-state index contributed by atoms with van der Waals surface area (Å²) in [6, 6.07) is 13.5. The predicted octanol–water partition coefficient (Wildman–Crippen LogP) is 4.10. The Morgan fingerprint density at radius 1 is 1.09 bits per heavy atom. The minimum absolute atomic E-state index is 0.315. The molecule has 0 aliphatic rings. The minimum Gasteiger partial charge on any atom is -0.436 e. The van der Waals surface area contributed by atoms with Gasteiger partial charge < -0.3 is 9.73 Å². The molecule has 0 atom stereocenters. The first kappa shape index (κ1) is 14.1. The fourth-order valence-corrected chi connectivity index (χ4v) is 2.33. The van der Waals surface area contributed by atoms with Crippen LogP contribution in [0.5, 0.6) is 0 Å². The molecule has 4 nitrogen and oxygen atoms in total. The lowest BCUT2D eigenvalue weighted by Gasteiger charge is -2.09. The van der Waals surface area contributed by atoms with Gasteiger partial charge in [0.25, 0.3) is 0 Å². The molecule has 0 bridgehead atoms. The molecule has 0 saturated carbocycles. The van der Waals surface area contributed by atoms with Crippen LogP contribution < -0.4 is 5.32 Å². The number of hydrogen-bond donors (Lipinski definition) is 1. The lowest BCUT2D eigenvalue weighted by Crippen LogP contribution is -1.97. The number of fused-ring (bicyclic) bond motifs is 1. The highest BCUT2D eigenvalue weighted by Gasteiger charge is 2.10. The third-order valence-corrected chi connectivity index (χ3v) is 3.52. The first-order valence-corrected chi connectivity index (χ1v) is 7.03. The molecule has 3 rings (SSSR count). The third kappa shape index (κ3) is 2.63. The monoisotopic (exact) mass is 292 g/mol.